The van der Waals surface area contributed by atoms with Gasteiger partial charge in [-0.05, 0) is 50.9 Å². The van der Waals surface area contributed by atoms with Crippen molar-refractivity contribution >= 4 is 33.1 Å². The fraction of sp³-hybridized carbons (Fsp3) is 0.450. The molecule has 1 aliphatic carbocycles. The molecule has 2 aromatic rings. The van der Waals surface area contributed by atoms with Gasteiger partial charge in [0.25, 0.3) is 10.0 Å². The average Bonchev–Trinajstić information content (AvgIpc) is 3.24. The van der Waals surface area contributed by atoms with Crippen molar-refractivity contribution in [2.75, 3.05) is 36.8 Å². The lowest BCUT2D eigenvalue weighted by Gasteiger charge is -2.27. The number of rotatable bonds is 5. The largest absolute Gasteiger partial charge is 0.370 e. The lowest BCUT2D eigenvalue weighted by atomic mass is 9.97. The molecule has 0 radical (unpaired) electrons. The van der Waals surface area contributed by atoms with Gasteiger partial charge in [-0.3, -0.25) is 4.72 Å². The first-order chi connectivity index (χ1) is 14.6. The molecule has 2 heterocycles. The summed E-state index contributed by atoms with van der Waals surface area (Å²) < 4.78 is 70.2. The van der Waals surface area contributed by atoms with E-state index in [0.717, 1.165) is 31.0 Å². The van der Waals surface area contributed by atoms with Crippen LogP contribution in [0.5, 0.6) is 0 Å². The predicted octanol–water partition coefficient (Wildman–Crippen LogP) is 3.73. The first-order valence-electron chi connectivity index (χ1n) is 9.82. The number of fused-ring (bicyclic) bond motifs is 1. The minimum atomic E-state index is -4.73. The number of nitrogens with one attached hydrogen (secondary N) is 1. The zero-order chi connectivity index (χ0) is 22.5. The van der Waals surface area contributed by atoms with Gasteiger partial charge < -0.3 is 9.80 Å². The quantitative estimate of drug-likeness (QED) is 0.528. The number of nitrogens with zero attached hydrogens (tertiary/aromatic N) is 3. The van der Waals surface area contributed by atoms with Crippen molar-refractivity contribution in [3.63, 3.8) is 0 Å². The van der Waals surface area contributed by atoms with Crippen molar-refractivity contribution < 1.29 is 21.6 Å². The average molecular weight is 475 g/mol. The molecule has 0 unspecified atom stereocenters. The summed E-state index contributed by atoms with van der Waals surface area (Å²) in [6, 6.07) is 4.72. The maximum absolute atomic E-state index is 15.0. The number of halogens is 4. The summed E-state index contributed by atoms with van der Waals surface area (Å²) in [5.41, 5.74) is 0.131. The third kappa shape index (κ3) is 4.08. The Balaban J connectivity index is 1.64. The highest BCUT2D eigenvalue weighted by atomic mass is 35.5. The number of anilines is 2. The molecule has 2 aliphatic rings. The zero-order valence-corrected chi connectivity index (χ0v) is 18.5. The number of sulfonamides is 1. The van der Waals surface area contributed by atoms with Crippen LogP contribution in [0.2, 0.25) is 5.02 Å². The van der Waals surface area contributed by atoms with E-state index in [9.17, 15) is 17.2 Å². The predicted molar refractivity (Wildman–Crippen MR) is 112 cm³/mol. The van der Waals surface area contributed by atoms with Crippen LogP contribution in [0.4, 0.5) is 24.7 Å². The maximum atomic E-state index is 15.0. The van der Waals surface area contributed by atoms with Gasteiger partial charge in [0.1, 0.15) is 16.7 Å². The van der Waals surface area contributed by atoms with Gasteiger partial charge in [-0.1, -0.05) is 17.7 Å². The molecule has 168 valence electrons. The molecule has 0 amide bonds. The second-order valence-electron chi connectivity index (χ2n) is 8.22. The Labute approximate surface area is 184 Å². The summed E-state index contributed by atoms with van der Waals surface area (Å²) in [7, 11) is -0.696. The highest BCUT2D eigenvalue weighted by Gasteiger charge is 2.44. The van der Waals surface area contributed by atoms with Gasteiger partial charge in [-0.25, -0.2) is 22.2 Å². The molecule has 11 heteroatoms. The van der Waals surface area contributed by atoms with E-state index >= 15 is 4.39 Å². The van der Waals surface area contributed by atoms with Gasteiger partial charge in [0.15, 0.2) is 10.7 Å². The van der Waals surface area contributed by atoms with Crippen LogP contribution in [0.1, 0.15) is 12.8 Å². The van der Waals surface area contributed by atoms with Gasteiger partial charge in [0, 0.05) is 25.2 Å². The van der Waals surface area contributed by atoms with Crippen LogP contribution < -0.4 is 9.62 Å². The van der Waals surface area contributed by atoms with Crippen LogP contribution in [0, 0.1) is 29.4 Å². The van der Waals surface area contributed by atoms with E-state index in [1.807, 2.05) is 23.7 Å². The Morgan fingerprint density at radius 3 is 2.61 bits per heavy atom. The van der Waals surface area contributed by atoms with Crippen molar-refractivity contribution in [1.29, 1.82) is 0 Å². The molecule has 6 nitrogen and oxygen atoms in total. The molecule has 2 fully saturated rings. The molecule has 0 spiro atoms. The fourth-order valence-electron chi connectivity index (χ4n) is 4.77. The second-order valence-corrected chi connectivity index (χ2v) is 10.2. The molecule has 1 saturated heterocycles. The number of hydrogen-bond donors (Lipinski definition) is 1. The minimum absolute atomic E-state index is 0.131. The summed E-state index contributed by atoms with van der Waals surface area (Å²) in [4.78, 5) is 6.11. The van der Waals surface area contributed by atoms with Crippen LogP contribution >= 0.6 is 11.6 Å². The topological polar surface area (TPSA) is 65.5 Å². The summed E-state index contributed by atoms with van der Waals surface area (Å²) >= 11 is 6.18. The lowest BCUT2D eigenvalue weighted by molar-refractivity contribution is 0.237. The normalized spacial score (nSPS) is 23.5. The molecule has 4 rings (SSSR count). The second kappa shape index (κ2) is 8.14. The third-order valence-electron chi connectivity index (χ3n) is 6.14. The number of aromatic nitrogens is 1. The standard InChI is InChI=1S/C20H22ClF3N4O2S/c1-27(2)14-7-6-11-9-28(10-12(11)14)15-8-13(22)20(19(24)18(15)21)31(29,30)26-17-5-3-4-16(23)25-17/h3-5,8,11-12,14H,6-7,9-10H2,1-2H3,(H,25,26)/t11-,12+,14+/m0/s1. The summed E-state index contributed by atoms with van der Waals surface area (Å²) in [6.07, 6.45) is 2.09. The van der Waals surface area contributed by atoms with E-state index in [-0.39, 0.29) is 5.69 Å². The highest BCUT2D eigenvalue weighted by molar-refractivity contribution is 7.92. The van der Waals surface area contributed by atoms with Crippen LogP contribution in [0.3, 0.4) is 0 Å². The maximum Gasteiger partial charge on any atom is 0.268 e. The van der Waals surface area contributed by atoms with Crippen molar-refractivity contribution in [2.45, 2.75) is 23.8 Å². The monoisotopic (exact) mass is 474 g/mol. The fourth-order valence-corrected chi connectivity index (χ4v) is 6.24. The van der Waals surface area contributed by atoms with Gasteiger partial charge in [-0.2, -0.15) is 4.39 Å². The van der Waals surface area contributed by atoms with Crippen molar-refractivity contribution in [3.05, 3.63) is 46.9 Å². The number of benzene rings is 1. The molecule has 3 atom stereocenters. The van der Waals surface area contributed by atoms with E-state index in [1.165, 1.54) is 6.07 Å². The van der Waals surface area contributed by atoms with Crippen molar-refractivity contribution in [1.82, 2.24) is 9.88 Å². The van der Waals surface area contributed by atoms with Gasteiger partial charge in [0.2, 0.25) is 5.95 Å². The minimum Gasteiger partial charge on any atom is -0.370 e. The number of hydrogen-bond acceptors (Lipinski definition) is 5. The van der Waals surface area contributed by atoms with Gasteiger partial charge >= 0.3 is 0 Å². The van der Waals surface area contributed by atoms with Crippen LogP contribution in [0.15, 0.2) is 29.2 Å². The number of pyridine rings is 1. The third-order valence-corrected chi connectivity index (χ3v) is 7.89. The molecule has 1 aliphatic heterocycles. The smallest absolute Gasteiger partial charge is 0.268 e. The molecule has 1 aromatic carbocycles. The Morgan fingerprint density at radius 1 is 1.19 bits per heavy atom. The van der Waals surface area contributed by atoms with E-state index in [1.54, 1.807) is 0 Å². The van der Waals surface area contributed by atoms with Crippen LogP contribution in [-0.4, -0.2) is 51.5 Å². The van der Waals surface area contributed by atoms with E-state index in [0.29, 0.717) is 31.0 Å². The molecular weight excluding hydrogens is 453 g/mol. The zero-order valence-electron chi connectivity index (χ0n) is 16.9. The molecule has 1 saturated carbocycles. The van der Waals surface area contributed by atoms with Crippen LogP contribution in [-0.2, 0) is 10.0 Å². The first kappa shape index (κ1) is 22.2. The SMILES string of the molecule is CN(C)[C@@H]1CC[C@H]2CN(c3cc(F)c(S(=O)(=O)Nc4cccc(F)n4)c(F)c3Cl)C[C@H]21. The lowest BCUT2D eigenvalue weighted by Crippen LogP contribution is -2.35. The molecular formula is C20H22ClF3N4O2S. The Morgan fingerprint density at radius 2 is 1.94 bits per heavy atom. The summed E-state index contributed by atoms with van der Waals surface area (Å²) in [6.45, 7) is 1.19. The summed E-state index contributed by atoms with van der Waals surface area (Å²) in [5.74, 6) is -3.27. The van der Waals surface area contributed by atoms with Crippen LogP contribution in [0.25, 0.3) is 0 Å². The van der Waals surface area contributed by atoms with E-state index in [4.69, 9.17) is 11.6 Å². The molecule has 0 bridgehead atoms. The Kier molecular flexibility index (Phi) is 5.82. The molecule has 31 heavy (non-hydrogen) atoms. The highest BCUT2D eigenvalue weighted by Crippen LogP contribution is 2.44. The van der Waals surface area contributed by atoms with E-state index < -0.39 is 43.3 Å². The summed E-state index contributed by atoms with van der Waals surface area (Å²) in [5, 5.41) is -0.463. The Bertz CT molecular complexity index is 1120. The van der Waals surface area contributed by atoms with Crippen molar-refractivity contribution in [2.24, 2.45) is 11.8 Å². The Hall–Kier alpha value is -2.04. The van der Waals surface area contributed by atoms with Gasteiger partial charge in [-0.15, -0.1) is 0 Å². The molecule has 1 N–H and O–H groups in total. The van der Waals surface area contributed by atoms with Gasteiger partial charge in [0.05, 0.1) is 5.69 Å². The first-order valence-corrected chi connectivity index (χ1v) is 11.7. The van der Waals surface area contributed by atoms with E-state index in [2.05, 4.69) is 9.88 Å². The molecule has 1 aromatic heterocycles. The van der Waals surface area contributed by atoms with Crippen molar-refractivity contribution in [3.8, 4) is 0 Å².